The molecule has 2 aliphatic carbocycles. The Morgan fingerprint density at radius 1 is 1.16 bits per heavy atom. The molecule has 2 rings (SSSR count). The molecule has 2 bridgehead atoms. The third kappa shape index (κ3) is 3.52. The molecule has 0 heterocycles. The van der Waals surface area contributed by atoms with Crippen molar-refractivity contribution in [3.8, 4) is 0 Å². The van der Waals surface area contributed by atoms with Crippen molar-refractivity contribution in [2.24, 2.45) is 23.2 Å². The maximum atomic E-state index is 3.41. The molecule has 3 atom stereocenters. The summed E-state index contributed by atoms with van der Waals surface area (Å²) < 4.78 is 0. The maximum Gasteiger partial charge on any atom is 0.00470 e. The average molecular weight is 266 g/mol. The molecule has 0 amide bonds. The SMILES string of the molecule is CCC(CC)(CNC)CN(C)CC1CC2CCC1C2. The highest BCUT2D eigenvalue weighted by atomic mass is 15.1. The Morgan fingerprint density at radius 3 is 2.37 bits per heavy atom. The zero-order valence-electron chi connectivity index (χ0n) is 13.5. The zero-order valence-corrected chi connectivity index (χ0v) is 13.5. The largest absolute Gasteiger partial charge is 0.319 e. The highest BCUT2D eigenvalue weighted by Gasteiger charge is 2.40. The predicted molar refractivity (Wildman–Crippen MR) is 83.4 cm³/mol. The molecule has 0 aromatic carbocycles. The molecule has 0 aromatic rings. The standard InChI is InChI=1S/C17H34N2/c1-5-17(6-2,12-18-3)13-19(4)11-16-10-14-7-8-15(16)9-14/h14-16,18H,5-13H2,1-4H3. The molecule has 0 radical (unpaired) electrons. The first kappa shape index (κ1) is 15.3. The Labute approximate surface area is 120 Å². The van der Waals surface area contributed by atoms with Crippen molar-refractivity contribution in [1.82, 2.24) is 10.2 Å². The summed E-state index contributed by atoms with van der Waals surface area (Å²) in [6, 6.07) is 0. The molecule has 0 spiro atoms. The van der Waals surface area contributed by atoms with Gasteiger partial charge in [0.05, 0.1) is 0 Å². The van der Waals surface area contributed by atoms with Crippen LogP contribution in [-0.4, -0.2) is 38.6 Å². The van der Waals surface area contributed by atoms with E-state index in [-0.39, 0.29) is 0 Å². The lowest BCUT2D eigenvalue weighted by Gasteiger charge is -2.37. The Morgan fingerprint density at radius 2 is 1.89 bits per heavy atom. The second kappa shape index (κ2) is 6.58. The van der Waals surface area contributed by atoms with Crippen molar-refractivity contribution in [3.05, 3.63) is 0 Å². The molecule has 2 fully saturated rings. The number of nitrogens with zero attached hydrogens (tertiary/aromatic N) is 1. The van der Waals surface area contributed by atoms with E-state index < -0.39 is 0 Å². The third-order valence-electron chi connectivity index (χ3n) is 6.09. The molecule has 112 valence electrons. The van der Waals surface area contributed by atoms with Gasteiger partial charge in [-0.3, -0.25) is 0 Å². The van der Waals surface area contributed by atoms with Crippen LogP contribution in [0.1, 0.15) is 52.4 Å². The van der Waals surface area contributed by atoms with E-state index in [2.05, 4.69) is 38.2 Å². The monoisotopic (exact) mass is 266 g/mol. The van der Waals surface area contributed by atoms with Crippen molar-refractivity contribution in [2.75, 3.05) is 33.7 Å². The van der Waals surface area contributed by atoms with Gasteiger partial charge in [0, 0.05) is 19.6 Å². The molecule has 19 heavy (non-hydrogen) atoms. The van der Waals surface area contributed by atoms with Crippen molar-refractivity contribution in [3.63, 3.8) is 0 Å². The summed E-state index contributed by atoms with van der Waals surface area (Å²) in [6.45, 7) is 8.46. The molecule has 2 nitrogen and oxygen atoms in total. The summed E-state index contributed by atoms with van der Waals surface area (Å²) in [4.78, 5) is 2.63. The molecule has 0 saturated heterocycles. The van der Waals surface area contributed by atoms with Crippen molar-refractivity contribution in [2.45, 2.75) is 52.4 Å². The first-order valence-corrected chi connectivity index (χ1v) is 8.45. The summed E-state index contributed by atoms with van der Waals surface area (Å²) in [5, 5.41) is 3.41. The fraction of sp³-hybridized carbons (Fsp3) is 1.00. The number of rotatable bonds is 8. The minimum atomic E-state index is 0.473. The summed E-state index contributed by atoms with van der Waals surface area (Å²) in [5.41, 5.74) is 0.473. The van der Waals surface area contributed by atoms with Crippen LogP contribution >= 0.6 is 0 Å². The highest BCUT2D eigenvalue weighted by molar-refractivity contribution is 4.92. The lowest BCUT2D eigenvalue weighted by atomic mass is 9.81. The Balaban J connectivity index is 1.83. The second-order valence-corrected chi connectivity index (χ2v) is 7.37. The quantitative estimate of drug-likeness (QED) is 0.724. The van der Waals surface area contributed by atoms with Crippen molar-refractivity contribution >= 4 is 0 Å². The van der Waals surface area contributed by atoms with Crippen molar-refractivity contribution in [1.29, 1.82) is 0 Å². The summed E-state index contributed by atoms with van der Waals surface area (Å²) in [5.74, 6) is 3.15. The van der Waals surface area contributed by atoms with E-state index in [1.54, 1.807) is 6.42 Å². The molecule has 1 N–H and O–H groups in total. The molecule has 2 heteroatoms. The van der Waals surface area contributed by atoms with Gasteiger partial charge in [-0.25, -0.2) is 0 Å². The molecular formula is C17H34N2. The first-order valence-electron chi connectivity index (χ1n) is 8.45. The minimum absolute atomic E-state index is 0.473. The van der Waals surface area contributed by atoms with E-state index in [9.17, 15) is 0 Å². The van der Waals surface area contributed by atoms with Crippen molar-refractivity contribution < 1.29 is 0 Å². The van der Waals surface area contributed by atoms with Crippen LogP contribution in [0.4, 0.5) is 0 Å². The van der Waals surface area contributed by atoms with Gasteiger partial charge >= 0.3 is 0 Å². The fourth-order valence-corrected chi connectivity index (χ4v) is 4.79. The lowest BCUT2D eigenvalue weighted by Crippen LogP contribution is -2.43. The summed E-state index contributed by atoms with van der Waals surface area (Å²) >= 11 is 0. The van der Waals surface area contributed by atoms with E-state index in [4.69, 9.17) is 0 Å². The number of fused-ring (bicyclic) bond motifs is 2. The Kier molecular flexibility index (Phi) is 5.30. The molecule has 3 unspecified atom stereocenters. The molecular weight excluding hydrogens is 232 g/mol. The van der Waals surface area contributed by atoms with E-state index in [0.717, 1.165) is 24.3 Å². The van der Waals surface area contributed by atoms with Crippen LogP contribution in [0, 0.1) is 23.2 Å². The molecule has 0 aromatic heterocycles. The second-order valence-electron chi connectivity index (χ2n) is 7.37. The van der Waals surface area contributed by atoms with Crippen LogP contribution in [-0.2, 0) is 0 Å². The van der Waals surface area contributed by atoms with Gasteiger partial charge in [0.25, 0.3) is 0 Å². The van der Waals surface area contributed by atoms with Crippen LogP contribution in [0.5, 0.6) is 0 Å². The fourth-order valence-electron chi connectivity index (χ4n) is 4.79. The Hall–Kier alpha value is -0.0800. The summed E-state index contributed by atoms with van der Waals surface area (Å²) in [7, 11) is 4.44. The maximum absolute atomic E-state index is 3.41. The van der Waals surface area contributed by atoms with Gasteiger partial charge in [-0.05, 0) is 69.4 Å². The molecule has 0 aliphatic heterocycles. The van der Waals surface area contributed by atoms with Gasteiger partial charge < -0.3 is 10.2 Å². The van der Waals surface area contributed by atoms with E-state index in [1.165, 1.54) is 45.2 Å². The van der Waals surface area contributed by atoms with E-state index in [0.29, 0.717) is 5.41 Å². The van der Waals surface area contributed by atoms with Crippen LogP contribution < -0.4 is 5.32 Å². The zero-order chi connectivity index (χ0) is 13.9. The normalized spacial score (nSPS) is 30.5. The van der Waals surface area contributed by atoms with E-state index >= 15 is 0 Å². The van der Waals surface area contributed by atoms with Gasteiger partial charge in [0.15, 0.2) is 0 Å². The van der Waals surface area contributed by atoms with E-state index in [1.807, 2.05) is 0 Å². The highest BCUT2D eigenvalue weighted by Crippen LogP contribution is 2.48. The van der Waals surface area contributed by atoms with Crippen LogP contribution in [0.3, 0.4) is 0 Å². The van der Waals surface area contributed by atoms with Gasteiger partial charge in [-0.1, -0.05) is 20.3 Å². The first-order chi connectivity index (χ1) is 9.12. The number of hydrogen-bond acceptors (Lipinski definition) is 2. The topological polar surface area (TPSA) is 15.3 Å². The van der Waals surface area contributed by atoms with Gasteiger partial charge in [0.2, 0.25) is 0 Å². The lowest BCUT2D eigenvalue weighted by molar-refractivity contribution is 0.130. The summed E-state index contributed by atoms with van der Waals surface area (Å²) in [6.07, 6.45) is 8.68. The average Bonchev–Trinajstić information content (AvgIpc) is 3.00. The predicted octanol–water partition coefficient (Wildman–Crippen LogP) is 3.38. The third-order valence-corrected chi connectivity index (χ3v) is 6.09. The minimum Gasteiger partial charge on any atom is -0.319 e. The van der Waals surface area contributed by atoms with Gasteiger partial charge in [-0.2, -0.15) is 0 Å². The smallest absolute Gasteiger partial charge is 0.00470 e. The van der Waals surface area contributed by atoms with Gasteiger partial charge in [0.1, 0.15) is 0 Å². The number of nitrogens with one attached hydrogen (secondary N) is 1. The van der Waals surface area contributed by atoms with Crippen LogP contribution in [0.25, 0.3) is 0 Å². The Bertz CT molecular complexity index is 272. The number of hydrogen-bond donors (Lipinski definition) is 1. The van der Waals surface area contributed by atoms with Gasteiger partial charge in [-0.15, -0.1) is 0 Å². The molecule has 2 saturated carbocycles. The molecule has 2 aliphatic rings. The van der Waals surface area contributed by atoms with Crippen LogP contribution in [0.2, 0.25) is 0 Å². The van der Waals surface area contributed by atoms with Crippen LogP contribution in [0.15, 0.2) is 0 Å².